The van der Waals surface area contributed by atoms with Crippen molar-refractivity contribution in [1.82, 2.24) is 0 Å². The molecule has 4 heteroatoms. The van der Waals surface area contributed by atoms with Gasteiger partial charge in [-0.2, -0.15) is 0 Å². The minimum atomic E-state index is 0.641. The molecule has 0 fully saturated rings. The van der Waals surface area contributed by atoms with Crippen LogP contribution in [0.4, 0.5) is 45.5 Å². The summed E-state index contributed by atoms with van der Waals surface area (Å²) >= 11 is 0. The van der Waals surface area contributed by atoms with Crippen molar-refractivity contribution in [2.45, 2.75) is 6.92 Å². The van der Waals surface area contributed by atoms with Crippen LogP contribution in [0.1, 0.15) is 16.7 Å². The lowest BCUT2D eigenvalue weighted by Crippen LogP contribution is -2.12. The fourth-order valence-electron chi connectivity index (χ4n) is 6.17. The Balaban J connectivity index is 1.25. The van der Waals surface area contributed by atoms with Gasteiger partial charge in [-0.15, -0.1) is 0 Å². The number of anilines is 7. The van der Waals surface area contributed by atoms with Crippen LogP contribution in [-0.2, 0) is 0 Å². The van der Waals surface area contributed by atoms with Crippen molar-refractivity contribution in [2.24, 2.45) is 4.99 Å². The van der Waals surface area contributed by atoms with Gasteiger partial charge in [-0.3, -0.25) is 0 Å². The number of para-hydroxylation sites is 4. The van der Waals surface area contributed by atoms with Gasteiger partial charge in [-0.25, -0.2) is 4.99 Å². The first-order chi connectivity index (χ1) is 24.6. The molecule has 4 nitrogen and oxygen atoms in total. The van der Waals surface area contributed by atoms with Crippen LogP contribution in [0.2, 0.25) is 0 Å². The Morgan fingerprint density at radius 3 is 1.24 bits per heavy atom. The zero-order chi connectivity index (χ0) is 34.3. The smallest absolute Gasteiger partial charge is 0.0895 e. The fraction of sp³-hybridized carbons (Fsp3) is 0.0217. The van der Waals surface area contributed by atoms with Gasteiger partial charge < -0.3 is 15.5 Å². The SMILES string of the molecule is C=C(C(=Nc1c(C)cccc1N)c1ccccc1)c1ccc(N(c2ccccc2)c2ccc(N(c3ccccc3)c3ccccc3)cc2)cc1. The molecule has 0 amide bonds. The predicted octanol–water partition coefficient (Wildman–Crippen LogP) is 12.4. The molecule has 0 aliphatic carbocycles. The van der Waals surface area contributed by atoms with Gasteiger partial charge in [0.25, 0.3) is 0 Å². The molecule has 0 radical (unpaired) electrons. The molecule has 0 spiro atoms. The zero-order valence-corrected chi connectivity index (χ0v) is 28.0. The number of aliphatic imine (C=N–C) groups is 1. The largest absolute Gasteiger partial charge is 0.397 e. The molecule has 0 atom stereocenters. The second kappa shape index (κ2) is 14.6. The number of aryl methyl sites for hydroxylation is 1. The standard InChI is InChI=1S/C46H38N4/c1-34-16-15-25-44(47)45(34)48-46(37-17-7-3-8-18-37)35(2)36-26-28-41(29-27-36)50(40-23-13-6-14-24-40)43-32-30-42(31-33-43)49(38-19-9-4-10-20-38)39-21-11-5-12-22-39/h3-33H,2,47H2,1H3. The molecule has 0 aromatic heterocycles. The van der Waals surface area contributed by atoms with Crippen LogP contribution in [0.5, 0.6) is 0 Å². The van der Waals surface area contributed by atoms with E-state index in [0.29, 0.717) is 5.69 Å². The molecule has 50 heavy (non-hydrogen) atoms. The van der Waals surface area contributed by atoms with Crippen LogP contribution >= 0.6 is 0 Å². The number of allylic oxidation sites excluding steroid dienone is 1. The Bertz CT molecular complexity index is 2150. The third kappa shape index (κ3) is 6.82. The first-order valence-corrected chi connectivity index (χ1v) is 16.7. The molecular weight excluding hydrogens is 609 g/mol. The molecule has 7 rings (SSSR count). The molecular formula is C46H38N4. The summed E-state index contributed by atoms with van der Waals surface area (Å²) in [6, 6.07) is 64.6. The number of nitrogens with two attached hydrogens (primary N) is 1. The van der Waals surface area contributed by atoms with E-state index in [1.165, 1.54) is 0 Å². The lowest BCUT2D eigenvalue weighted by atomic mass is 9.96. The normalized spacial score (nSPS) is 11.2. The second-order valence-corrected chi connectivity index (χ2v) is 12.1. The van der Waals surface area contributed by atoms with E-state index < -0.39 is 0 Å². The van der Waals surface area contributed by atoms with Gasteiger partial charge in [0.1, 0.15) is 0 Å². The number of nitrogens with zero attached hydrogens (tertiary/aromatic N) is 3. The highest BCUT2D eigenvalue weighted by Crippen LogP contribution is 2.39. The van der Waals surface area contributed by atoms with E-state index in [2.05, 4.69) is 150 Å². The summed E-state index contributed by atoms with van der Waals surface area (Å²) in [6.07, 6.45) is 0. The Morgan fingerprint density at radius 1 is 0.440 bits per heavy atom. The van der Waals surface area contributed by atoms with Crippen molar-refractivity contribution in [3.8, 4) is 0 Å². The minimum absolute atomic E-state index is 0.641. The molecule has 0 saturated heterocycles. The number of hydrogen-bond donors (Lipinski definition) is 1. The summed E-state index contributed by atoms with van der Waals surface area (Å²) < 4.78 is 0. The van der Waals surface area contributed by atoms with Crippen LogP contribution in [0, 0.1) is 6.92 Å². The van der Waals surface area contributed by atoms with Gasteiger partial charge in [-0.05, 0) is 96.9 Å². The Morgan fingerprint density at radius 2 is 0.820 bits per heavy atom. The molecule has 7 aromatic carbocycles. The molecule has 0 bridgehead atoms. The predicted molar refractivity (Wildman–Crippen MR) is 213 cm³/mol. The third-order valence-corrected chi connectivity index (χ3v) is 8.71. The lowest BCUT2D eigenvalue weighted by Gasteiger charge is -2.28. The Hall–Kier alpha value is -6.65. The van der Waals surface area contributed by atoms with Crippen molar-refractivity contribution < 1.29 is 0 Å². The van der Waals surface area contributed by atoms with E-state index in [1.807, 2.05) is 61.5 Å². The highest BCUT2D eigenvalue weighted by atomic mass is 15.2. The van der Waals surface area contributed by atoms with Gasteiger partial charge in [0.05, 0.1) is 17.1 Å². The minimum Gasteiger partial charge on any atom is -0.397 e. The zero-order valence-electron chi connectivity index (χ0n) is 28.0. The van der Waals surface area contributed by atoms with E-state index >= 15 is 0 Å². The third-order valence-electron chi connectivity index (χ3n) is 8.71. The first-order valence-electron chi connectivity index (χ1n) is 16.7. The topological polar surface area (TPSA) is 44.9 Å². The van der Waals surface area contributed by atoms with Crippen molar-refractivity contribution in [2.75, 3.05) is 15.5 Å². The highest BCUT2D eigenvalue weighted by Gasteiger charge is 2.17. The van der Waals surface area contributed by atoms with Crippen LogP contribution in [0.25, 0.3) is 5.57 Å². The number of rotatable bonds is 10. The summed E-state index contributed by atoms with van der Waals surface area (Å²) in [6.45, 7) is 6.56. The maximum Gasteiger partial charge on any atom is 0.0895 e. The summed E-state index contributed by atoms with van der Waals surface area (Å²) in [4.78, 5) is 9.64. The Labute approximate surface area is 294 Å². The molecule has 242 valence electrons. The molecule has 0 saturated carbocycles. The lowest BCUT2D eigenvalue weighted by molar-refractivity contribution is 1.25. The number of nitrogen functional groups attached to an aromatic ring is 1. The van der Waals surface area contributed by atoms with Gasteiger partial charge in [0, 0.05) is 45.3 Å². The van der Waals surface area contributed by atoms with E-state index in [9.17, 15) is 0 Å². The molecule has 0 heterocycles. The van der Waals surface area contributed by atoms with Crippen molar-refractivity contribution in [3.05, 3.63) is 211 Å². The molecule has 2 N–H and O–H groups in total. The second-order valence-electron chi connectivity index (χ2n) is 12.1. The van der Waals surface area contributed by atoms with Crippen LogP contribution in [0.15, 0.2) is 200 Å². The van der Waals surface area contributed by atoms with E-state index in [0.717, 1.165) is 67.8 Å². The number of hydrogen-bond acceptors (Lipinski definition) is 4. The van der Waals surface area contributed by atoms with Crippen molar-refractivity contribution in [1.29, 1.82) is 0 Å². The van der Waals surface area contributed by atoms with Gasteiger partial charge in [0.15, 0.2) is 0 Å². The fourth-order valence-corrected chi connectivity index (χ4v) is 6.17. The Kier molecular flexibility index (Phi) is 9.34. The van der Waals surface area contributed by atoms with E-state index in [1.54, 1.807) is 0 Å². The van der Waals surface area contributed by atoms with Crippen LogP contribution < -0.4 is 15.5 Å². The average molecular weight is 647 g/mol. The summed E-state index contributed by atoms with van der Waals surface area (Å²) in [5.74, 6) is 0. The van der Waals surface area contributed by atoms with Crippen LogP contribution in [-0.4, -0.2) is 5.71 Å². The summed E-state index contributed by atoms with van der Waals surface area (Å²) in [7, 11) is 0. The quantitative estimate of drug-likeness (QED) is 0.119. The van der Waals surface area contributed by atoms with Crippen molar-refractivity contribution >= 4 is 56.8 Å². The maximum absolute atomic E-state index is 6.39. The van der Waals surface area contributed by atoms with Crippen molar-refractivity contribution in [3.63, 3.8) is 0 Å². The summed E-state index contributed by atoms with van der Waals surface area (Å²) in [5.41, 5.74) is 18.8. The highest BCUT2D eigenvalue weighted by molar-refractivity contribution is 6.32. The number of benzene rings is 7. The first kappa shape index (κ1) is 31.9. The average Bonchev–Trinajstić information content (AvgIpc) is 3.17. The molecule has 0 aliphatic heterocycles. The van der Waals surface area contributed by atoms with Gasteiger partial charge in [-0.1, -0.05) is 116 Å². The molecule has 0 aliphatic rings. The maximum atomic E-state index is 6.39. The molecule has 7 aromatic rings. The van der Waals surface area contributed by atoms with E-state index in [4.69, 9.17) is 10.7 Å². The monoisotopic (exact) mass is 646 g/mol. The van der Waals surface area contributed by atoms with E-state index in [-0.39, 0.29) is 0 Å². The summed E-state index contributed by atoms with van der Waals surface area (Å²) in [5, 5.41) is 0. The van der Waals surface area contributed by atoms with Crippen LogP contribution in [0.3, 0.4) is 0 Å². The van der Waals surface area contributed by atoms with Gasteiger partial charge >= 0.3 is 0 Å². The molecule has 0 unspecified atom stereocenters. The van der Waals surface area contributed by atoms with Gasteiger partial charge in [0.2, 0.25) is 0 Å².